The van der Waals surface area contributed by atoms with Gasteiger partial charge >= 0.3 is 35.6 Å². The highest BCUT2D eigenvalue weighted by molar-refractivity contribution is 9.09. The number of carbonyl (C=O) groups excluding carboxylic acids is 5. The molecule has 1 fully saturated rings. The summed E-state index contributed by atoms with van der Waals surface area (Å²) in [5.41, 5.74) is 0. The number of ether oxygens (including phenoxy) is 6. The Morgan fingerprint density at radius 1 is 0.821 bits per heavy atom. The zero-order valence-electron chi connectivity index (χ0n) is 15.9. The van der Waals surface area contributed by atoms with Crippen molar-refractivity contribution in [3.63, 3.8) is 0 Å². The Hall–Kier alpha value is -2.21. The highest BCUT2D eigenvalue weighted by Crippen LogP contribution is 2.40. The summed E-state index contributed by atoms with van der Waals surface area (Å²) in [5.74, 6) is -6.55. The minimum absolute atomic E-state index is 0.525. The lowest BCUT2D eigenvalue weighted by atomic mass is 9.94. The van der Waals surface area contributed by atoms with Crippen LogP contribution < -0.4 is 0 Å². The molecule has 0 N–H and O–H groups in total. The Morgan fingerprint density at radius 3 is 1.71 bits per heavy atom. The summed E-state index contributed by atoms with van der Waals surface area (Å²) in [5, 5.41) is -1.08. The molecule has 12 heteroatoms. The molecule has 1 rings (SSSR count). The summed E-state index contributed by atoms with van der Waals surface area (Å²) in [6, 6.07) is 0. The van der Waals surface area contributed by atoms with E-state index in [0.29, 0.717) is 0 Å². The van der Waals surface area contributed by atoms with E-state index in [1.165, 1.54) is 0 Å². The van der Waals surface area contributed by atoms with Crippen LogP contribution in [0.2, 0.25) is 0 Å². The lowest BCUT2D eigenvalue weighted by Gasteiger charge is -2.49. The number of halogens is 1. The second-order valence-electron chi connectivity index (χ2n) is 5.79. The molecule has 28 heavy (non-hydrogen) atoms. The third-order valence-corrected chi connectivity index (χ3v) is 4.07. The summed E-state index contributed by atoms with van der Waals surface area (Å²) >= 11 is 3.13. The largest absolute Gasteiger partial charge is 0.463 e. The summed E-state index contributed by atoms with van der Waals surface area (Å²) in [6.45, 7) is 4.77. The van der Waals surface area contributed by atoms with Crippen LogP contribution in [0, 0.1) is 0 Å². The van der Waals surface area contributed by atoms with E-state index in [9.17, 15) is 24.0 Å². The van der Waals surface area contributed by atoms with Crippen molar-refractivity contribution >= 4 is 45.8 Å². The van der Waals surface area contributed by atoms with Gasteiger partial charge in [0.05, 0.1) is 0 Å². The molecule has 0 spiro atoms. The molecule has 0 aromatic heterocycles. The fraction of sp³-hybridized carbons (Fsp3) is 0.688. The number of alkyl halides is 1. The predicted octanol–water partition coefficient (Wildman–Crippen LogP) is 0.355. The normalized spacial score (nSPS) is 25.8. The molecule has 0 aromatic rings. The molecule has 0 bridgehead atoms. The molecule has 0 amide bonds. The highest BCUT2D eigenvalue weighted by atomic mass is 79.9. The molecule has 0 radical (unpaired) electrons. The van der Waals surface area contributed by atoms with Crippen LogP contribution >= 0.6 is 15.9 Å². The molecular weight excluding hydrogens is 448 g/mol. The number of hydrogen-bond donors (Lipinski definition) is 0. The Kier molecular flexibility index (Phi) is 8.36. The molecule has 11 nitrogen and oxygen atoms in total. The standard InChI is InChI=1S/C16H21BrO11/c1-7(18)23-6-12-16(27-10(4)21,28-11(5)22)14(25-9(3)20)13(15(17)26-12)24-8(2)19/h12-15H,6H2,1-5H3. The zero-order valence-corrected chi connectivity index (χ0v) is 17.5. The fourth-order valence-corrected chi connectivity index (χ4v) is 3.23. The van der Waals surface area contributed by atoms with Crippen molar-refractivity contribution < 1.29 is 52.4 Å². The number of hydrogen-bond acceptors (Lipinski definition) is 11. The Bertz CT molecular complexity index is 631. The van der Waals surface area contributed by atoms with Crippen molar-refractivity contribution in [1.29, 1.82) is 0 Å². The summed E-state index contributed by atoms with van der Waals surface area (Å²) in [4.78, 5) is 58.0. The van der Waals surface area contributed by atoms with Gasteiger partial charge in [-0.05, 0) is 0 Å². The number of carbonyl (C=O) groups is 5. The first-order valence-corrected chi connectivity index (χ1v) is 8.97. The smallest absolute Gasteiger partial charge is 0.327 e. The second kappa shape index (κ2) is 9.82. The third kappa shape index (κ3) is 6.16. The fourth-order valence-electron chi connectivity index (χ4n) is 2.58. The lowest BCUT2D eigenvalue weighted by Crippen LogP contribution is -2.70. The van der Waals surface area contributed by atoms with Crippen LogP contribution in [0.4, 0.5) is 0 Å². The van der Waals surface area contributed by atoms with Crippen LogP contribution in [0.5, 0.6) is 0 Å². The third-order valence-electron chi connectivity index (χ3n) is 3.34. The topological polar surface area (TPSA) is 141 Å². The van der Waals surface area contributed by atoms with E-state index in [4.69, 9.17) is 28.4 Å². The van der Waals surface area contributed by atoms with Gasteiger partial charge in [-0.15, -0.1) is 0 Å². The minimum Gasteiger partial charge on any atom is -0.463 e. The molecule has 1 heterocycles. The second-order valence-corrected chi connectivity index (χ2v) is 6.69. The van der Waals surface area contributed by atoms with Gasteiger partial charge in [0.25, 0.3) is 0 Å². The van der Waals surface area contributed by atoms with Crippen LogP contribution in [-0.2, 0) is 52.4 Å². The summed E-state index contributed by atoms with van der Waals surface area (Å²) in [7, 11) is 0. The number of rotatable bonds is 6. The van der Waals surface area contributed by atoms with Crippen LogP contribution in [0.15, 0.2) is 0 Å². The number of esters is 5. The van der Waals surface area contributed by atoms with Crippen molar-refractivity contribution in [1.82, 2.24) is 0 Å². The van der Waals surface area contributed by atoms with Gasteiger partial charge in [-0.2, -0.15) is 0 Å². The molecule has 0 aromatic carbocycles. The van der Waals surface area contributed by atoms with Gasteiger partial charge in [0, 0.05) is 34.6 Å². The highest BCUT2D eigenvalue weighted by Gasteiger charge is 2.65. The van der Waals surface area contributed by atoms with E-state index in [-0.39, 0.29) is 0 Å². The average Bonchev–Trinajstić information content (AvgIpc) is 2.50. The van der Waals surface area contributed by atoms with E-state index in [1.807, 2.05) is 0 Å². The molecule has 1 aliphatic rings. The molecule has 4 unspecified atom stereocenters. The molecule has 158 valence electrons. The Labute approximate surface area is 169 Å². The first-order chi connectivity index (χ1) is 12.9. The van der Waals surface area contributed by atoms with Crippen LogP contribution in [0.3, 0.4) is 0 Å². The van der Waals surface area contributed by atoms with Crippen LogP contribution in [-0.4, -0.2) is 65.6 Å². The monoisotopic (exact) mass is 468 g/mol. The quantitative estimate of drug-likeness (QED) is 0.230. The van der Waals surface area contributed by atoms with E-state index in [2.05, 4.69) is 15.9 Å². The van der Waals surface area contributed by atoms with Gasteiger partial charge in [-0.3, -0.25) is 24.0 Å². The van der Waals surface area contributed by atoms with Crippen molar-refractivity contribution in [2.75, 3.05) is 6.61 Å². The maximum atomic E-state index is 11.8. The van der Waals surface area contributed by atoms with E-state index in [0.717, 1.165) is 34.6 Å². The first-order valence-electron chi connectivity index (χ1n) is 8.05. The van der Waals surface area contributed by atoms with Gasteiger partial charge < -0.3 is 28.4 Å². The van der Waals surface area contributed by atoms with Gasteiger partial charge in [0.15, 0.2) is 17.2 Å². The molecule has 0 aliphatic carbocycles. The van der Waals surface area contributed by atoms with Crippen molar-refractivity contribution in [3.8, 4) is 0 Å². The van der Waals surface area contributed by atoms with Gasteiger partial charge in [-0.1, -0.05) is 15.9 Å². The van der Waals surface area contributed by atoms with E-state index in [1.54, 1.807) is 0 Å². The summed E-state index contributed by atoms with van der Waals surface area (Å²) in [6.07, 6.45) is -4.40. The maximum Gasteiger partial charge on any atom is 0.327 e. The van der Waals surface area contributed by atoms with Gasteiger partial charge in [0.1, 0.15) is 6.61 Å². The van der Waals surface area contributed by atoms with Crippen LogP contribution in [0.1, 0.15) is 34.6 Å². The molecule has 0 saturated carbocycles. The van der Waals surface area contributed by atoms with Crippen molar-refractivity contribution in [2.45, 2.75) is 63.7 Å². The Balaban J connectivity index is 3.55. The molecular formula is C16H21BrO11. The summed E-state index contributed by atoms with van der Waals surface area (Å²) < 4.78 is 31.3. The van der Waals surface area contributed by atoms with Crippen molar-refractivity contribution in [3.05, 3.63) is 0 Å². The van der Waals surface area contributed by atoms with Gasteiger partial charge in [-0.25, -0.2) is 0 Å². The predicted molar refractivity (Wildman–Crippen MR) is 91.6 cm³/mol. The average molecular weight is 469 g/mol. The molecule has 1 aliphatic heterocycles. The van der Waals surface area contributed by atoms with Gasteiger partial charge in [0.2, 0.25) is 6.10 Å². The van der Waals surface area contributed by atoms with E-state index < -0.39 is 65.6 Å². The molecule has 4 atom stereocenters. The molecule has 1 saturated heterocycles. The van der Waals surface area contributed by atoms with E-state index >= 15 is 0 Å². The first kappa shape index (κ1) is 23.8. The zero-order chi connectivity index (χ0) is 21.6. The van der Waals surface area contributed by atoms with Crippen LogP contribution in [0.25, 0.3) is 0 Å². The maximum absolute atomic E-state index is 11.8. The van der Waals surface area contributed by atoms with Crippen molar-refractivity contribution in [2.24, 2.45) is 0 Å². The lowest BCUT2D eigenvalue weighted by molar-refractivity contribution is -0.347. The minimum atomic E-state index is -2.39. The SMILES string of the molecule is CC(=O)OCC1OC(Br)C(OC(C)=O)C(OC(C)=O)C1(OC(C)=O)OC(C)=O. The Morgan fingerprint density at radius 2 is 1.32 bits per heavy atom.